The second kappa shape index (κ2) is 5.70. The molecule has 0 aliphatic carbocycles. The number of carbonyl (C=O) groups is 1. The Labute approximate surface area is 136 Å². The molecule has 1 N–H and O–H groups in total. The summed E-state index contributed by atoms with van der Waals surface area (Å²) in [5.41, 5.74) is 3.84. The van der Waals surface area contributed by atoms with E-state index in [4.69, 9.17) is 16.3 Å². The molecule has 1 heterocycles. The molecule has 0 spiro atoms. The number of nitrogens with one attached hydrogen (secondary N) is 1. The maximum Gasteiger partial charge on any atom is 0.262 e. The smallest absolute Gasteiger partial charge is 0.262 e. The van der Waals surface area contributed by atoms with Crippen molar-refractivity contribution in [3.63, 3.8) is 0 Å². The van der Waals surface area contributed by atoms with E-state index in [0.717, 1.165) is 21.7 Å². The Hall–Kier alpha value is -1.52. The average molecular weight is 367 g/mol. The molecule has 2 aromatic carbocycles. The Morgan fingerprint density at radius 3 is 2.71 bits per heavy atom. The van der Waals surface area contributed by atoms with Crippen molar-refractivity contribution < 1.29 is 9.53 Å². The summed E-state index contributed by atoms with van der Waals surface area (Å²) < 4.78 is 5.36. The van der Waals surface area contributed by atoms with Crippen LogP contribution in [0.4, 0.5) is 5.69 Å². The molecule has 0 fully saturated rings. The van der Waals surface area contributed by atoms with E-state index in [9.17, 15) is 4.79 Å². The number of carbonyl (C=O) groups excluding carboxylic acids is 1. The minimum Gasteiger partial charge on any atom is -0.482 e. The number of alkyl halides is 1. The first-order valence-electron chi connectivity index (χ1n) is 6.51. The molecule has 0 saturated heterocycles. The first-order chi connectivity index (χ1) is 10.0. The van der Waals surface area contributed by atoms with E-state index in [-0.39, 0.29) is 17.3 Å². The minimum absolute atomic E-state index is 0.000251. The van der Waals surface area contributed by atoms with Gasteiger partial charge >= 0.3 is 0 Å². The summed E-state index contributed by atoms with van der Waals surface area (Å²) in [6, 6.07) is 11.7. The Morgan fingerprint density at radius 2 is 1.95 bits per heavy atom. The standard InChI is InChI=1S/C16H13BrClNO2/c1-9-2-3-10(6-12(9)18)16(17)11-4-5-14-13(7-11)19-15(20)8-21-14/h2-7,16H,8H2,1H3,(H,19,20). The lowest BCUT2D eigenvalue weighted by Crippen LogP contribution is -2.25. The van der Waals surface area contributed by atoms with E-state index in [1.54, 1.807) is 0 Å². The maximum atomic E-state index is 11.4. The van der Waals surface area contributed by atoms with Crippen LogP contribution in [0.1, 0.15) is 21.5 Å². The van der Waals surface area contributed by atoms with Crippen LogP contribution in [0, 0.1) is 6.92 Å². The monoisotopic (exact) mass is 365 g/mol. The normalized spacial score (nSPS) is 14.9. The predicted molar refractivity (Wildman–Crippen MR) is 87.5 cm³/mol. The first-order valence-corrected chi connectivity index (χ1v) is 7.80. The molecule has 1 aliphatic rings. The largest absolute Gasteiger partial charge is 0.482 e. The maximum absolute atomic E-state index is 11.4. The molecule has 3 rings (SSSR count). The number of halogens is 2. The fourth-order valence-corrected chi connectivity index (χ4v) is 2.98. The Kier molecular flexibility index (Phi) is 3.91. The second-order valence-electron chi connectivity index (χ2n) is 4.96. The average Bonchev–Trinajstić information content (AvgIpc) is 2.48. The number of benzene rings is 2. The van der Waals surface area contributed by atoms with Crippen molar-refractivity contribution in [3.8, 4) is 5.75 Å². The quantitative estimate of drug-likeness (QED) is 0.797. The number of amides is 1. The van der Waals surface area contributed by atoms with Crippen LogP contribution in [0.3, 0.4) is 0 Å². The molecular formula is C16H13BrClNO2. The van der Waals surface area contributed by atoms with Crippen molar-refractivity contribution in [2.24, 2.45) is 0 Å². The van der Waals surface area contributed by atoms with Gasteiger partial charge in [0.1, 0.15) is 5.75 Å². The molecule has 21 heavy (non-hydrogen) atoms. The molecule has 1 amide bonds. The van der Waals surface area contributed by atoms with Crippen LogP contribution in [0.5, 0.6) is 5.75 Å². The first kappa shape index (κ1) is 14.4. The molecule has 0 saturated carbocycles. The highest BCUT2D eigenvalue weighted by molar-refractivity contribution is 9.09. The zero-order chi connectivity index (χ0) is 15.0. The second-order valence-corrected chi connectivity index (χ2v) is 6.29. The zero-order valence-corrected chi connectivity index (χ0v) is 13.7. The molecule has 2 aromatic rings. The van der Waals surface area contributed by atoms with Crippen molar-refractivity contribution in [3.05, 3.63) is 58.1 Å². The molecule has 1 unspecified atom stereocenters. The summed E-state index contributed by atoms with van der Waals surface area (Å²) in [4.78, 5) is 11.4. The highest BCUT2D eigenvalue weighted by Gasteiger charge is 2.19. The van der Waals surface area contributed by atoms with E-state index < -0.39 is 0 Å². The van der Waals surface area contributed by atoms with Gasteiger partial charge in [0, 0.05) is 5.02 Å². The van der Waals surface area contributed by atoms with Crippen LogP contribution >= 0.6 is 27.5 Å². The minimum atomic E-state index is -0.135. The van der Waals surface area contributed by atoms with Gasteiger partial charge in [0.2, 0.25) is 0 Å². The van der Waals surface area contributed by atoms with E-state index in [2.05, 4.69) is 21.2 Å². The van der Waals surface area contributed by atoms with Crippen molar-refractivity contribution in [2.45, 2.75) is 11.8 Å². The molecule has 5 heteroatoms. The molecule has 108 valence electrons. The van der Waals surface area contributed by atoms with E-state index in [0.29, 0.717) is 11.4 Å². The van der Waals surface area contributed by atoms with Gasteiger partial charge in [0.25, 0.3) is 5.91 Å². The molecule has 1 atom stereocenters. The number of anilines is 1. The third kappa shape index (κ3) is 2.92. The molecule has 0 aromatic heterocycles. The molecule has 1 aliphatic heterocycles. The zero-order valence-electron chi connectivity index (χ0n) is 11.3. The van der Waals surface area contributed by atoms with Crippen LogP contribution < -0.4 is 10.1 Å². The summed E-state index contributed by atoms with van der Waals surface area (Å²) >= 11 is 9.87. The van der Waals surface area contributed by atoms with Gasteiger partial charge < -0.3 is 10.1 Å². The van der Waals surface area contributed by atoms with Crippen molar-refractivity contribution >= 4 is 39.1 Å². The molecule has 3 nitrogen and oxygen atoms in total. The van der Waals surface area contributed by atoms with Gasteiger partial charge in [-0.25, -0.2) is 0 Å². The van der Waals surface area contributed by atoms with E-state index >= 15 is 0 Å². The summed E-state index contributed by atoms with van der Waals surface area (Å²) in [5.74, 6) is 0.559. The van der Waals surface area contributed by atoms with Crippen LogP contribution in [-0.2, 0) is 4.79 Å². The number of hydrogen-bond acceptors (Lipinski definition) is 2. The van der Waals surface area contributed by atoms with Gasteiger partial charge in [-0.2, -0.15) is 0 Å². The van der Waals surface area contributed by atoms with Gasteiger partial charge in [0.05, 0.1) is 10.5 Å². The molecule has 0 bridgehead atoms. The van der Waals surface area contributed by atoms with Crippen LogP contribution in [-0.4, -0.2) is 12.5 Å². The number of rotatable bonds is 2. The number of aryl methyl sites for hydroxylation is 1. The summed E-state index contributed by atoms with van der Waals surface area (Å²) in [5, 5.41) is 3.56. The van der Waals surface area contributed by atoms with Crippen LogP contribution in [0.25, 0.3) is 0 Å². The fraction of sp³-hybridized carbons (Fsp3) is 0.188. The van der Waals surface area contributed by atoms with Gasteiger partial charge in [-0.05, 0) is 41.8 Å². The van der Waals surface area contributed by atoms with Gasteiger partial charge in [-0.3, -0.25) is 4.79 Å². The van der Waals surface area contributed by atoms with Crippen LogP contribution in [0.15, 0.2) is 36.4 Å². The number of hydrogen-bond donors (Lipinski definition) is 1. The Bertz CT molecular complexity index is 717. The third-order valence-corrected chi connectivity index (χ3v) is 4.88. The number of ether oxygens (including phenoxy) is 1. The van der Waals surface area contributed by atoms with Crippen molar-refractivity contribution in [2.75, 3.05) is 11.9 Å². The molecular weight excluding hydrogens is 354 g/mol. The van der Waals surface area contributed by atoms with Gasteiger partial charge in [0.15, 0.2) is 6.61 Å². The Balaban J connectivity index is 1.94. The lowest BCUT2D eigenvalue weighted by Gasteiger charge is -2.20. The SMILES string of the molecule is Cc1ccc(C(Br)c2ccc3c(c2)NC(=O)CO3)cc1Cl. The van der Waals surface area contributed by atoms with E-state index in [1.165, 1.54) is 0 Å². The lowest BCUT2D eigenvalue weighted by atomic mass is 10.0. The topological polar surface area (TPSA) is 38.3 Å². The van der Waals surface area contributed by atoms with Gasteiger partial charge in [-0.1, -0.05) is 45.7 Å². The Morgan fingerprint density at radius 1 is 1.24 bits per heavy atom. The highest BCUT2D eigenvalue weighted by Crippen LogP contribution is 2.37. The number of fused-ring (bicyclic) bond motifs is 1. The van der Waals surface area contributed by atoms with E-state index in [1.807, 2.05) is 43.3 Å². The van der Waals surface area contributed by atoms with Gasteiger partial charge in [-0.15, -0.1) is 0 Å². The fourth-order valence-electron chi connectivity index (χ4n) is 2.22. The lowest BCUT2D eigenvalue weighted by molar-refractivity contribution is -0.118. The highest BCUT2D eigenvalue weighted by atomic mass is 79.9. The summed E-state index contributed by atoms with van der Waals surface area (Å²) in [6.07, 6.45) is 0. The summed E-state index contributed by atoms with van der Waals surface area (Å²) in [6.45, 7) is 2.04. The summed E-state index contributed by atoms with van der Waals surface area (Å²) in [7, 11) is 0. The third-order valence-electron chi connectivity index (χ3n) is 3.42. The predicted octanol–water partition coefficient (Wildman–Crippen LogP) is 4.46. The molecule has 0 radical (unpaired) electrons. The van der Waals surface area contributed by atoms with Crippen molar-refractivity contribution in [1.29, 1.82) is 0 Å². The van der Waals surface area contributed by atoms with Crippen LogP contribution in [0.2, 0.25) is 5.02 Å². The van der Waals surface area contributed by atoms with Crippen molar-refractivity contribution in [1.82, 2.24) is 0 Å².